The lowest BCUT2D eigenvalue weighted by Crippen LogP contribution is -2.25. The first kappa shape index (κ1) is 11.2. The van der Waals surface area contributed by atoms with Gasteiger partial charge >= 0.3 is 0 Å². The van der Waals surface area contributed by atoms with Gasteiger partial charge in [-0.1, -0.05) is 31.2 Å². The quantitative estimate of drug-likeness (QED) is 0.853. The molecule has 0 saturated carbocycles. The highest BCUT2D eigenvalue weighted by molar-refractivity contribution is 5.27. The first-order valence-electron chi connectivity index (χ1n) is 6.86. The molecule has 1 aromatic rings. The highest BCUT2D eigenvalue weighted by Gasteiger charge is 2.35. The summed E-state index contributed by atoms with van der Waals surface area (Å²) in [6.45, 7) is 8.44. The zero-order valence-electron chi connectivity index (χ0n) is 10.7. The van der Waals surface area contributed by atoms with E-state index in [1.54, 1.807) is 0 Å². The van der Waals surface area contributed by atoms with Crippen LogP contribution in [0.5, 0.6) is 0 Å². The number of nitrogens with zero attached hydrogens (tertiary/aromatic N) is 1. The van der Waals surface area contributed by atoms with Crippen molar-refractivity contribution in [2.45, 2.75) is 19.9 Å². The molecule has 0 spiro atoms. The minimum absolute atomic E-state index is 0.906. The Morgan fingerprint density at radius 3 is 2.41 bits per heavy atom. The topological polar surface area (TPSA) is 15.3 Å². The lowest BCUT2D eigenvalue weighted by atomic mass is 10.0. The monoisotopic (exact) mass is 230 g/mol. The van der Waals surface area contributed by atoms with Crippen LogP contribution in [-0.4, -0.2) is 31.1 Å². The summed E-state index contributed by atoms with van der Waals surface area (Å²) in [6, 6.07) is 8.90. The Balaban J connectivity index is 1.67. The molecule has 2 saturated heterocycles. The maximum atomic E-state index is 3.50. The van der Waals surface area contributed by atoms with Crippen LogP contribution in [-0.2, 0) is 13.0 Å². The number of likely N-dealkylation sites (tertiary alicyclic amines) is 1. The van der Waals surface area contributed by atoms with Crippen LogP contribution in [0.25, 0.3) is 0 Å². The third-order valence-corrected chi connectivity index (χ3v) is 4.36. The second kappa shape index (κ2) is 4.79. The van der Waals surface area contributed by atoms with E-state index in [2.05, 4.69) is 41.4 Å². The Bertz CT molecular complexity index is 376. The van der Waals surface area contributed by atoms with Gasteiger partial charge in [0.2, 0.25) is 0 Å². The highest BCUT2D eigenvalue weighted by atomic mass is 15.2. The van der Waals surface area contributed by atoms with Crippen molar-refractivity contribution in [1.29, 1.82) is 0 Å². The van der Waals surface area contributed by atoms with E-state index in [1.807, 2.05) is 0 Å². The molecule has 0 amide bonds. The van der Waals surface area contributed by atoms with Crippen molar-refractivity contribution in [3.8, 4) is 0 Å². The van der Waals surface area contributed by atoms with Gasteiger partial charge in [0.25, 0.3) is 0 Å². The minimum atomic E-state index is 0.906. The van der Waals surface area contributed by atoms with Crippen LogP contribution in [0.2, 0.25) is 0 Å². The van der Waals surface area contributed by atoms with Crippen LogP contribution in [0, 0.1) is 11.8 Å². The van der Waals surface area contributed by atoms with Crippen LogP contribution in [0.4, 0.5) is 0 Å². The third-order valence-electron chi connectivity index (χ3n) is 4.36. The first-order chi connectivity index (χ1) is 8.36. The van der Waals surface area contributed by atoms with E-state index >= 15 is 0 Å². The Morgan fingerprint density at radius 1 is 1.12 bits per heavy atom. The van der Waals surface area contributed by atoms with Gasteiger partial charge in [0.15, 0.2) is 0 Å². The van der Waals surface area contributed by atoms with Crippen LogP contribution < -0.4 is 5.32 Å². The molecule has 0 aliphatic carbocycles. The Labute approximate surface area is 104 Å². The van der Waals surface area contributed by atoms with Crippen molar-refractivity contribution in [2.75, 3.05) is 26.2 Å². The molecule has 3 rings (SSSR count). The summed E-state index contributed by atoms with van der Waals surface area (Å²) < 4.78 is 0. The van der Waals surface area contributed by atoms with E-state index in [-0.39, 0.29) is 0 Å². The van der Waals surface area contributed by atoms with Crippen LogP contribution in [0.15, 0.2) is 24.3 Å². The van der Waals surface area contributed by atoms with Crippen LogP contribution in [0.1, 0.15) is 18.1 Å². The summed E-state index contributed by atoms with van der Waals surface area (Å²) in [6.07, 6.45) is 1.15. The van der Waals surface area contributed by atoms with E-state index in [0.717, 1.165) is 24.8 Å². The number of nitrogens with one attached hydrogen (secondary N) is 1. The fourth-order valence-electron chi connectivity index (χ4n) is 3.38. The van der Waals surface area contributed by atoms with Crippen molar-refractivity contribution in [3.05, 3.63) is 35.4 Å². The second-order valence-electron chi connectivity index (χ2n) is 5.49. The molecular weight excluding hydrogens is 208 g/mol. The van der Waals surface area contributed by atoms with Crippen molar-refractivity contribution in [1.82, 2.24) is 10.2 Å². The van der Waals surface area contributed by atoms with Gasteiger partial charge in [0.1, 0.15) is 0 Å². The number of fused-ring (bicyclic) bond motifs is 1. The van der Waals surface area contributed by atoms with Crippen LogP contribution >= 0.6 is 0 Å². The average molecular weight is 230 g/mol. The maximum absolute atomic E-state index is 3.50. The molecular formula is C15H22N2. The summed E-state index contributed by atoms with van der Waals surface area (Å²) in [4.78, 5) is 2.64. The summed E-state index contributed by atoms with van der Waals surface area (Å²) in [5.74, 6) is 1.81. The zero-order chi connectivity index (χ0) is 11.7. The Hall–Kier alpha value is -0.860. The summed E-state index contributed by atoms with van der Waals surface area (Å²) >= 11 is 0. The number of hydrogen-bond acceptors (Lipinski definition) is 2. The molecule has 2 heteroatoms. The van der Waals surface area contributed by atoms with Gasteiger partial charge in [-0.05, 0) is 42.5 Å². The molecule has 2 fully saturated rings. The molecule has 2 nitrogen and oxygen atoms in total. The van der Waals surface area contributed by atoms with Gasteiger partial charge in [0, 0.05) is 19.6 Å². The smallest absolute Gasteiger partial charge is 0.0236 e. The molecule has 2 atom stereocenters. The highest BCUT2D eigenvalue weighted by Crippen LogP contribution is 2.27. The Morgan fingerprint density at radius 2 is 1.76 bits per heavy atom. The predicted octanol–water partition coefficient (Wildman–Crippen LogP) is 1.90. The van der Waals surface area contributed by atoms with Crippen LogP contribution in [0.3, 0.4) is 0 Å². The van der Waals surface area contributed by atoms with E-state index in [1.165, 1.54) is 37.3 Å². The van der Waals surface area contributed by atoms with Crippen molar-refractivity contribution < 1.29 is 0 Å². The van der Waals surface area contributed by atoms with Crippen molar-refractivity contribution in [3.63, 3.8) is 0 Å². The average Bonchev–Trinajstić information content (AvgIpc) is 2.90. The lowest BCUT2D eigenvalue weighted by Gasteiger charge is -2.18. The third kappa shape index (κ3) is 2.24. The van der Waals surface area contributed by atoms with E-state index in [0.29, 0.717) is 0 Å². The molecule has 0 aromatic heterocycles. The largest absolute Gasteiger partial charge is 0.316 e. The molecule has 17 heavy (non-hydrogen) atoms. The number of hydrogen-bond donors (Lipinski definition) is 1. The predicted molar refractivity (Wildman–Crippen MR) is 70.9 cm³/mol. The number of aryl methyl sites for hydroxylation is 1. The fraction of sp³-hybridized carbons (Fsp3) is 0.600. The molecule has 1 N–H and O–H groups in total. The van der Waals surface area contributed by atoms with Gasteiger partial charge in [0.05, 0.1) is 0 Å². The molecule has 92 valence electrons. The molecule has 1 aromatic carbocycles. The van der Waals surface area contributed by atoms with Crippen molar-refractivity contribution >= 4 is 0 Å². The van der Waals surface area contributed by atoms with E-state index in [9.17, 15) is 0 Å². The van der Waals surface area contributed by atoms with Crippen molar-refractivity contribution in [2.24, 2.45) is 11.8 Å². The van der Waals surface area contributed by atoms with Gasteiger partial charge in [-0.2, -0.15) is 0 Å². The fourth-order valence-corrected chi connectivity index (χ4v) is 3.38. The van der Waals surface area contributed by atoms with Gasteiger partial charge in [-0.15, -0.1) is 0 Å². The number of benzene rings is 1. The molecule has 0 radical (unpaired) electrons. The molecule has 2 aliphatic heterocycles. The second-order valence-corrected chi connectivity index (χ2v) is 5.49. The zero-order valence-corrected chi connectivity index (χ0v) is 10.7. The molecule has 2 aliphatic rings. The van der Waals surface area contributed by atoms with E-state index < -0.39 is 0 Å². The molecule has 0 bridgehead atoms. The summed E-state index contributed by atoms with van der Waals surface area (Å²) in [5.41, 5.74) is 3.05. The normalized spacial score (nSPS) is 28.5. The van der Waals surface area contributed by atoms with E-state index in [4.69, 9.17) is 0 Å². The maximum Gasteiger partial charge on any atom is 0.0236 e. The number of rotatable bonds is 3. The standard InChI is InChI=1S/C15H22N2/c1-2-12-5-3-4-6-13(12)9-17-10-14-7-16-8-15(14)11-17/h3-6,14-16H,2,7-11H2,1H3/t14-,15+. The van der Waals surface area contributed by atoms with Gasteiger partial charge in [-0.25, -0.2) is 0 Å². The SMILES string of the molecule is CCc1ccccc1CN1C[C@H]2CNC[C@H]2C1. The summed E-state index contributed by atoms with van der Waals surface area (Å²) in [5, 5.41) is 3.50. The molecule has 2 heterocycles. The first-order valence-corrected chi connectivity index (χ1v) is 6.86. The van der Waals surface area contributed by atoms with Gasteiger partial charge < -0.3 is 5.32 Å². The van der Waals surface area contributed by atoms with Gasteiger partial charge in [-0.3, -0.25) is 4.90 Å². The lowest BCUT2D eigenvalue weighted by molar-refractivity contribution is 0.305. The molecule has 0 unspecified atom stereocenters. The Kier molecular flexibility index (Phi) is 3.17. The minimum Gasteiger partial charge on any atom is -0.316 e. The summed E-state index contributed by atoms with van der Waals surface area (Å²) in [7, 11) is 0.